The van der Waals surface area contributed by atoms with E-state index in [1.807, 2.05) is 0 Å². The SMILES string of the molecule is CC1CCCC2C3(CC3)C12C. The maximum Gasteiger partial charge on any atom is -0.0204 e. The molecule has 1 spiro atoms. The van der Waals surface area contributed by atoms with Crippen LogP contribution >= 0.6 is 0 Å². The van der Waals surface area contributed by atoms with Gasteiger partial charge in [0.05, 0.1) is 0 Å². The van der Waals surface area contributed by atoms with Crippen LogP contribution in [0.1, 0.15) is 46.0 Å². The Morgan fingerprint density at radius 2 is 1.91 bits per heavy atom. The first-order valence-electron chi connectivity index (χ1n) is 5.22. The second-order valence-electron chi connectivity index (χ2n) is 5.32. The quantitative estimate of drug-likeness (QED) is 0.497. The summed E-state index contributed by atoms with van der Waals surface area (Å²) in [6.07, 6.45) is 7.72. The molecular weight excluding hydrogens is 132 g/mol. The minimum absolute atomic E-state index is 0.811. The van der Waals surface area contributed by atoms with E-state index in [0.717, 1.165) is 22.7 Å². The van der Waals surface area contributed by atoms with Crippen molar-refractivity contribution in [2.75, 3.05) is 0 Å². The summed E-state index contributed by atoms with van der Waals surface area (Å²) < 4.78 is 0. The van der Waals surface area contributed by atoms with E-state index in [1.165, 1.54) is 12.8 Å². The highest BCUT2D eigenvalue weighted by Gasteiger charge is 2.80. The van der Waals surface area contributed by atoms with Crippen molar-refractivity contribution in [2.45, 2.75) is 46.0 Å². The summed E-state index contributed by atoms with van der Waals surface area (Å²) in [4.78, 5) is 0. The summed E-state index contributed by atoms with van der Waals surface area (Å²) in [5.74, 6) is 2.18. The van der Waals surface area contributed by atoms with E-state index < -0.39 is 0 Å². The first-order valence-corrected chi connectivity index (χ1v) is 5.22. The summed E-state index contributed by atoms with van der Waals surface area (Å²) >= 11 is 0. The van der Waals surface area contributed by atoms with Gasteiger partial charge in [0, 0.05) is 0 Å². The van der Waals surface area contributed by atoms with Crippen molar-refractivity contribution in [3.8, 4) is 0 Å². The van der Waals surface area contributed by atoms with E-state index in [4.69, 9.17) is 0 Å². The lowest BCUT2D eigenvalue weighted by Gasteiger charge is -2.25. The average molecular weight is 150 g/mol. The number of fused-ring (bicyclic) bond motifs is 3. The van der Waals surface area contributed by atoms with Crippen LogP contribution in [-0.2, 0) is 0 Å². The standard InChI is InChI=1S/C11H18/c1-8-4-3-5-9-10(8,2)11(9)6-7-11/h8-9H,3-7H2,1-2H3. The van der Waals surface area contributed by atoms with Gasteiger partial charge in [0.25, 0.3) is 0 Å². The Kier molecular flexibility index (Phi) is 0.906. The Morgan fingerprint density at radius 3 is 2.45 bits per heavy atom. The fourth-order valence-electron chi connectivity index (χ4n) is 4.26. The van der Waals surface area contributed by atoms with Crippen LogP contribution in [0.2, 0.25) is 0 Å². The Bertz CT molecular complexity index is 202. The molecule has 0 aromatic heterocycles. The maximum atomic E-state index is 2.56. The molecule has 0 N–H and O–H groups in total. The van der Waals surface area contributed by atoms with Gasteiger partial charge in [-0.1, -0.05) is 26.7 Å². The predicted octanol–water partition coefficient (Wildman–Crippen LogP) is 3.22. The first kappa shape index (κ1) is 6.51. The molecule has 3 aliphatic rings. The summed E-state index contributed by atoms with van der Waals surface area (Å²) in [6.45, 7) is 5.05. The van der Waals surface area contributed by atoms with Crippen molar-refractivity contribution in [2.24, 2.45) is 22.7 Å². The summed E-state index contributed by atoms with van der Waals surface area (Å²) in [6, 6.07) is 0. The highest BCUT2D eigenvalue weighted by atomic mass is 14.8. The predicted molar refractivity (Wildman–Crippen MR) is 46.3 cm³/mol. The van der Waals surface area contributed by atoms with Gasteiger partial charge in [-0.05, 0) is 41.9 Å². The monoisotopic (exact) mass is 150 g/mol. The molecule has 3 atom stereocenters. The third kappa shape index (κ3) is 0.494. The molecule has 3 saturated carbocycles. The second-order valence-corrected chi connectivity index (χ2v) is 5.32. The van der Waals surface area contributed by atoms with Crippen LogP contribution in [0.25, 0.3) is 0 Å². The van der Waals surface area contributed by atoms with Crippen molar-refractivity contribution in [3.05, 3.63) is 0 Å². The van der Waals surface area contributed by atoms with Crippen LogP contribution in [0.4, 0.5) is 0 Å². The van der Waals surface area contributed by atoms with E-state index in [-0.39, 0.29) is 0 Å². The average Bonchev–Trinajstić information content (AvgIpc) is 2.82. The van der Waals surface area contributed by atoms with E-state index in [1.54, 1.807) is 19.3 Å². The van der Waals surface area contributed by atoms with Crippen LogP contribution in [0.15, 0.2) is 0 Å². The molecule has 11 heavy (non-hydrogen) atoms. The lowest BCUT2D eigenvalue weighted by Crippen LogP contribution is -2.16. The molecule has 3 unspecified atom stereocenters. The van der Waals surface area contributed by atoms with Gasteiger partial charge in [-0.15, -0.1) is 0 Å². The minimum atomic E-state index is 0.811. The highest BCUT2D eigenvalue weighted by molar-refractivity contribution is 5.28. The van der Waals surface area contributed by atoms with Crippen molar-refractivity contribution < 1.29 is 0 Å². The Labute approximate surface area is 69.4 Å². The molecule has 0 amide bonds. The number of hydrogen-bond acceptors (Lipinski definition) is 0. The van der Waals surface area contributed by atoms with Gasteiger partial charge in [0.1, 0.15) is 0 Å². The van der Waals surface area contributed by atoms with Gasteiger partial charge in [-0.25, -0.2) is 0 Å². The molecule has 62 valence electrons. The molecule has 0 radical (unpaired) electrons. The molecule has 0 heterocycles. The first-order chi connectivity index (χ1) is 5.22. The lowest BCUT2D eigenvalue weighted by atomic mass is 9.80. The molecule has 0 aromatic rings. The van der Waals surface area contributed by atoms with Gasteiger partial charge in [-0.3, -0.25) is 0 Å². The summed E-state index contributed by atoms with van der Waals surface area (Å²) in [5.41, 5.74) is 1.72. The highest BCUT2D eigenvalue weighted by Crippen LogP contribution is 2.87. The summed E-state index contributed by atoms with van der Waals surface area (Å²) in [5, 5.41) is 0. The van der Waals surface area contributed by atoms with Crippen molar-refractivity contribution in [3.63, 3.8) is 0 Å². The van der Waals surface area contributed by atoms with Crippen molar-refractivity contribution >= 4 is 0 Å². The molecular formula is C11H18. The Hall–Kier alpha value is 0. The zero-order chi connectivity index (χ0) is 7.69. The topological polar surface area (TPSA) is 0 Å². The molecule has 3 fully saturated rings. The summed E-state index contributed by atoms with van der Waals surface area (Å²) in [7, 11) is 0. The van der Waals surface area contributed by atoms with Gasteiger partial charge >= 0.3 is 0 Å². The molecule has 3 rings (SSSR count). The molecule has 3 aliphatic carbocycles. The molecule has 0 nitrogen and oxygen atoms in total. The van der Waals surface area contributed by atoms with Crippen LogP contribution < -0.4 is 0 Å². The van der Waals surface area contributed by atoms with E-state index in [0.29, 0.717) is 0 Å². The lowest BCUT2D eigenvalue weighted by molar-refractivity contribution is 0.245. The minimum Gasteiger partial charge on any atom is -0.0620 e. The Balaban J connectivity index is 1.96. The van der Waals surface area contributed by atoms with E-state index >= 15 is 0 Å². The molecule has 0 aromatic carbocycles. The molecule has 0 heteroatoms. The largest absolute Gasteiger partial charge is 0.0620 e. The third-order valence-corrected chi connectivity index (χ3v) is 5.32. The van der Waals surface area contributed by atoms with Gasteiger partial charge < -0.3 is 0 Å². The maximum absolute atomic E-state index is 2.56. The van der Waals surface area contributed by atoms with Crippen LogP contribution in [-0.4, -0.2) is 0 Å². The fourth-order valence-corrected chi connectivity index (χ4v) is 4.26. The third-order valence-electron chi connectivity index (χ3n) is 5.32. The normalized spacial score (nSPS) is 57.3. The van der Waals surface area contributed by atoms with Crippen molar-refractivity contribution in [1.29, 1.82) is 0 Å². The Morgan fingerprint density at radius 1 is 1.18 bits per heavy atom. The number of hydrogen-bond donors (Lipinski definition) is 0. The van der Waals surface area contributed by atoms with Crippen LogP contribution in [0.3, 0.4) is 0 Å². The second kappa shape index (κ2) is 1.53. The number of rotatable bonds is 0. The van der Waals surface area contributed by atoms with E-state index in [9.17, 15) is 0 Å². The molecule has 0 saturated heterocycles. The molecule has 0 aliphatic heterocycles. The van der Waals surface area contributed by atoms with Crippen LogP contribution in [0.5, 0.6) is 0 Å². The van der Waals surface area contributed by atoms with Gasteiger partial charge in [-0.2, -0.15) is 0 Å². The zero-order valence-corrected chi connectivity index (χ0v) is 7.69. The van der Waals surface area contributed by atoms with Gasteiger partial charge in [0.15, 0.2) is 0 Å². The van der Waals surface area contributed by atoms with E-state index in [2.05, 4.69) is 13.8 Å². The van der Waals surface area contributed by atoms with Gasteiger partial charge in [0.2, 0.25) is 0 Å². The van der Waals surface area contributed by atoms with Crippen molar-refractivity contribution in [1.82, 2.24) is 0 Å². The molecule has 0 bridgehead atoms. The zero-order valence-electron chi connectivity index (χ0n) is 7.69. The van der Waals surface area contributed by atoms with Crippen LogP contribution in [0, 0.1) is 22.7 Å². The fraction of sp³-hybridized carbons (Fsp3) is 1.00. The smallest absolute Gasteiger partial charge is 0.0204 e.